The summed E-state index contributed by atoms with van der Waals surface area (Å²) in [6, 6.07) is 7.64. The van der Waals surface area contributed by atoms with Gasteiger partial charge in [0.25, 0.3) is 11.6 Å². The Morgan fingerprint density at radius 2 is 2.21 bits per heavy atom. The summed E-state index contributed by atoms with van der Waals surface area (Å²) < 4.78 is 0. The zero-order valence-electron chi connectivity index (χ0n) is 13.3. The minimum absolute atomic E-state index is 0.0973. The summed E-state index contributed by atoms with van der Waals surface area (Å²) in [6.07, 6.45) is 4.26. The molecule has 0 aliphatic carbocycles. The van der Waals surface area contributed by atoms with Crippen LogP contribution in [-0.4, -0.2) is 27.3 Å². The van der Waals surface area contributed by atoms with E-state index in [0.717, 1.165) is 12.0 Å². The van der Waals surface area contributed by atoms with Crippen LogP contribution >= 0.6 is 0 Å². The van der Waals surface area contributed by atoms with Crippen LogP contribution in [0.2, 0.25) is 0 Å². The Morgan fingerprint density at radius 1 is 1.42 bits per heavy atom. The molecule has 1 aromatic carbocycles. The predicted octanol–water partition coefficient (Wildman–Crippen LogP) is 2.80. The Balaban J connectivity index is 1.96. The van der Waals surface area contributed by atoms with E-state index >= 15 is 0 Å². The molecule has 2 aromatic rings. The highest BCUT2D eigenvalue weighted by Gasteiger charge is 2.35. The third-order valence-corrected chi connectivity index (χ3v) is 4.32. The molecule has 2 N–H and O–H groups in total. The van der Waals surface area contributed by atoms with Gasteiger partial charge in [0.1, 0.15) is 0 Å². The summed E-state index contributed by atoms with van der Waals surface area (Å²) in [4.78, 5) is 29.3. The quantitative estimate of drug-likeness (QED) is 0.531. The van der Waals surface area contributed by atoms with Crippen LogP contribution < -0.4 is 5.73 Å². The monoisotopic (exact) mass is 326 g/mol. The molecule has 24 heavy (non-hydrogen) atoms. The maximum Gasteiger partial charge on any atom is 0.270 e. The molecule has 7 nitrogen and oxygen atoms in total. The van der Waals surface area contributed by atoms with E-state index in [9.17, 15) is 14.9 Å². The standard InChI is InChI=1S/C17H18N4O3/c1-11-7-16(12-3-2-6-19-9-12)20(10-11)17(22)14-8-13(21(23)24)4-5-15(14)18/h2-6,8-9,11,16H,7,10,18H2,1H3/t11-,16+/m1/s1. The lowest BCUT2D eigenvalue weighted by atomic mass is 10.0. The molecule has 1 aliphatic heterocycles. The van der Waals surface area contributed by atoms with Crippen molar-refractivity contribution in [2.75, 3.05) is 12.3 Å². The summed E-state index contributed by atoms with van der Waals surface area (Å²) in [6.45, 7) is 2.66. The van der Waals surface area contributed by atoms with Crippen molar-refractivity contribution in [3.8, 4) is 0 Å². The molecule has 1 fully saturated rings. The second-order valence-corrected chi connectivity index (χ2v) is 6.13. The van der Waals surface area contributed by atoms with Crippen molar-refractivity contribution >= 4 is 17.3 Å². The van der Waals surface area contributed by atoms with Gasteiger partial charge in [-0.05, 0) is 30.0 Å². The number of rotatable bonds is 3. The number of pyridine rings is 1. The van der Waals surface area contributed by atoms with Crippen molar-refractivity contribution in [3.63, 3.8) is 0 Å². The number of hydrogen-bond donors (Lipinski definition) is 1. The molecule has 0 saturated carbocycles. The van der Waals surface area contributed by atoms with Crippen molar-refractivity contribution < 1.29 is 9.72 Å². The van der Waals surface area contributed by atoms with Crippen LogP contribution in [0, 0.1) is 16.0 Å². The molecular weight excluding hydrogens is 308 g/mol. The summed E-state index contributed by atoms with van der Waals surface area (Å²) in [5.74, 6) is 0.0495. The number of nitro benzene ring substituents is 1. The summed E-state index contributed by atoms with van der Waals surface area (Å²) >= 11 is 0. The molecule has 0 bridgehead atoms. The third kappa shape index (κ3) is 2.92. The summed E-state index contributed by atoms with van der Waals surface area (Å²) in [7, 11) is 0. The average Bonchev–Trinajstić information content (AvgIpc) is 2.97. The van der Waals surface area contributed by atoms with E-state index in [1.165, 1.54) is 18.2 Å². The first kappa shape index (κ1) is 15.9. The lowest BCUT2D eigenvalue weighted by Crippen LogP contribution is -2.31. The van der Waals surface area contributed by atoms with Crippen LogP contribution in [0.25, 0.3) is 0 Å². The van der Waals surface area contributed by atoms with Gasteiger partial charge in [-0.15, -0.1) is 0 Å². The average molecular weight is 326 g/mol. The Morgan fingerprint density at radius 3 is 2.88 bits per heavy atom. The van der Waals surface area contributed by atoms with Crippen molar-refractivity contribution in [3.05, 3.63) is 64.0 Å². The van der Waals surface area contributed by atoms with Crippen molar-refractivity contribution in [2.45, 2.75) is 19.4 Å². The van der Waals surface area contributed by atoms with Crippen molar-refractivity contribution in [1.82, 2.24) is 9.88 Å². The number of non-ortho nitro benzene ring substituents is 1. The van der Waals surface area contributed by atoms with E-state index in [-0.39, 0.29) is 28.9 Å². The Kier molecular flexibility index (Phi) is 4.16. The molecular formula is C17H18N4O3. The number of nitrogens with zero attached hydrogens (tertiary/aromatic N) is 3. The number of nitro groups is 1. The second kappa shape index (κ2) is 6.27. The number of carbonyl (C=O) groups excluding carboxylic acids is 1. The van der Waals surface area contributed by atoms with Gasteiger partial charge < -0.3 is 10.6 Å². The first-order valence-corrected chi connectivity index (χ1v) is 7.72. The molecule has 1 amide bonds. The fourth-order valence-corrected chi connectivity index (χ4v) is 3.16. The summed E-state index contributed by atoms with van der Waals surface area (Å²) in [5.41, 5.74) is 7.13. The van der Waals surface area contributed by atoms with Gasteiger partial charge >= 0.3 is 0 Å². The van der Waals surface area contributed by atoms with Crippen LogP contribution in [0.4, 0.5) is 11.4 Å². The predicted molar refractivity (Wildman–Crippen MR) is 89.3 cm³/mol. The SMILES string of the molecule is C[C@@H]1C[C@@H](c2cccnc2)N(C(=O)c2cc([N+](=O)[O-])ccc2N)C1. The molecule has 7 heteroatoms. The van der Waals surface area contributed by atoms with E-state index in [0.29, 0.717) is 12.5 Å². The highest BCUT2D eigenvalue weighted by atomic mass is 16.6. The van der Waals surface area contributed by atoms with Gasteiger partial charge in [0, 0.05) is 36.8 Å². The maximum atomic E-state index is 13.0. The molecule has 2 heterocycles. The van der Waals surface area contributed by atoms with Crippen LogP contribution in [0.3, 0.4) is 0 Å². The van der Waals surface area contributed by atoms with E-state index < -0.39 is 4.92 Å². The molecule has 124 valence electrons. The van der Waals surface area contributed by atoms with Gasteiger partial charge in [0.05, 0.1) is 16.5 Å². The lowest BCUT2D eigenvalue weighted by Gasteiger charge is -2.25. The van der Waals surface area contributed by atoms with Crippen LogP contribution in [0.15, 0.2) is 42.7 Å². The number of amides is 1. The van der Waals surface area contributed by atoms with Gasteiger partial charge in [-0.1, -0.05) is 13.0 Å². The smallest absolute Gasteiger partial charge is 0.270 e. The number of benzene rings is 1. The van der Waals surface area contributed by atoms with Crippen molar-refractivity contribution in [2.24, 2.45) is 5.92 Å². The normalized spacial score (nSPS) is 20.1. The number of nitrogens with two attached hydrogens (primary N) is 1. The third-order valence-electron chi connectivity index (χ3n) is 4.32. The highest BCUT2D eigenvalue weighted by Crippen LogP contribution is 2.36. The summed E-state index contributed by atoms with van der Waals surface area (Å²) in [5, 5.41) is 11.0. The topological polar surface area (TPSA) is 102 Å². The fraction of sp³-hybridized carbons (Fsp3) is 0.294. The molecule has 0 radical (unpaired) electrons. The molecule has 1 saturated heterocycles. The van der Waals surface area contributed by atoms with Crippen LogP contribution in [0.5, 0.6) is 0 Å². The number of nitrogen functional groups attached to an aromatic ring is 1. The molecule has 1 aromatic heterocycles. The Hall–Kier alpha value is -2.96. The first-order chi connectivity index (χ1) is 11.5. The van der Waals surface area contributed by atoms with Gasteiger partial charge in [0.2, 0.25) is 0 Å². The molecule has 0 spiro atoms. The largest absolute Gasteiger partial charge is 0.398 e. The molecule has 1 aliphatic rings. The van der Waals surface area contributed by atoms with E-state index in [2.05, 4.69) is 11.9 Å². The number of aromatic nitrogens is 1. The van der Waals surface area contributed by atoms with Gasteiger partial charge in [0.15, 0.2) is 0 Å². The first-order valence-electron chi connectivity index (χ1n) is 7.72. The number of hydrogen-bond acceptors (Lipinski definition) is 5. The Bertz CT molecular complexity index is 779. The molecule has 0 unspecified atom stereocenters. The minimum Gasteiger partial charge on any atom is -0.398 e. The second-order valence-electron chi connectivity index (χ2n) is 6.13. The molecule has 2 atom stereocenters. The fourth-order valence-electron chi connectivity index (χ4n) is 3.16. The maximum absolute atomic E-state index is 13.0. The van der Waals surface area contributed by atoms with Gasteiger partial charge in [-0.3, -0.25) is 19.9 Å². The van der Waals surface area contributed by atoms with Crippen molar-refractivity contribution in [1.29, 1.82) is 0 Å². The highest BCUT2D eigenvalue weighted by molar-refractivity contribution is 6.00. The van der Waals surface area contributed by atoms with E-state index in [1.807, 2.05) is 12.1 Å². The number of carbonyl (C=O) groups is 1. The molecule has 3 rings (SSSR count). The van der Waals surface area contributed by atoms with Crippen LogP contribution in [-0.2, 0) is 0 Å². The van der Waals surface area contributed by atoms with Crippen LogP contribution in [0.1, 0.15) is 35.3 Å². The number of likely N-dealkylation sites (tertiary alicyclic amines) is 1. The van der Waals surface area contributed by atoms with E-state index in [1.54, 1.807) is 17.3 Å². The Labute approximate surface area is 139 Å². The van der Waals surface area contributed by atoms with Gasteiger partial charge in [-0.2, -0.15) is 0 Å². The minimum atomic E-state index is -0.526. The van der Waals surface area contributed by atoms with E-state index in [4.69, 9.17) is 5.73 Å². The van der Waals surface area contributed by atoms with Gasteiger partial charge in [-0.25, -0.2) is 0 Å². The zero-order chi connectivity index (χ0) is 17.3. The lowest BCUT2D eigenvalue weighted by molar-refractivity contribution is -0.384. The zero-order valence-corrected chi connectivity index (χ0v) is 13.3. The number of anilines is 1.